The topological polar surface area (TPSA) is 78.4 Å². The summed E-state index contributed by atoms with van der Waals surface area (Å²) in [5.41, 5.74) is 1.01. The van der Waals surface area contributed by atoms with Gasteiger partial charge in [0.15, 0.2) is 5.69 Å². The quantitative estimate of drug-likeness (QED) is 0.877. The zero-order valence-corrected chi connectivity index (χ0v) is 12.7. The molecule has 0 aliphatic carbocycles. The predicted molar refractivity (Wildman–Crippen MR) is 82.8 cm³/mol. The zero-order valence-electron chi connectivity index (χ0n) is 12.7. The van der Waals surface area contributed by atoms with Gasteiger partial charge >= 0.3 is 5.97 Å². The molecule has 0 saturated heterocycles. The number of carboxylic acid groups (broad SMARTS) is 1. The number of hydrogen-bond acceptors (Lipinski definition) is 5. The summed E-state index contributed by atoms with van der Waals surface area (Å²) < 4.78 is 0. The molecular weight excluding hydrogens is 268 g/mol. The van der Waals surface area contributed by atoms with Gasteiger partial charge in [0.25, 0.3) is 0 Å². The molecule has 1 aromatic heterocycles. The molecule has 0 unspecified atom stereocenters. The molecule has 2 aromatic rings. The summed E-state index contributed by atoms with van der Waals surface area (Å²) in [5, 5.41) is 21.1. The minimum atomic E-state index is -1.08. The number of nitrogens with one attached hydrogen (secondary N) is 1. The molecule has 0 atom stereocenters. The average Bonchev–Trinajstić information content (AvgIpc) is 2.44. The van der Waals surface area contributed by atoms with Gasteiger partial charge in [-0.25, -0.2) is 4.79 Å². The lowest BCUT2D eigenvalue weighted by Gasteiger charge is -2.33. The van der Waals surface area contributed by atoms with E-state index in [1.807, 2.05) is 38.4 Å². The van der Waals surface area contributed by atoms with Crippen LogP contribution in [-0.2, 0) is 0 Å². The van der Waals surface area contributed by atoms with Gasteiger partial charge < -0.3 is 15.3 Å². The molecule has 2 rings (SSSR count). The van der Waals surface area contributed by atoms with Gasteiger partial charge in [0, 0.05) is 17.5 Å². The number of aromatic carboxylic acids is 1. The maximum Gasteiger partial charge on any atom is 0.358 e. The van der Waals surface area contributed by atoms with Crippen molar-refractivity contribution < 1.29 is 9.90 Å². The first-order valence-corrected chi connectivity index (χ1v) is 6.73. The number of aromatic nitrogens is 2. The van der Waals surface area contributed by atoms with Crippen molar-refractivity contribution in [2.24, 2.45) is 0 Å². The highest BCUT2D eigenvalue weighted by molar-refractivity contribution is 6.02. The molecule has 6 heteroatoms. The highest BCUT2D eigenvalue weighted by Gasteiger charge is 2.23. The molecule has 0 saturated carbocycles. The van der Waals surface area contributed by atoms with E-state index in [0.29, 0.717) is 17.7 Å². The normalized spacial score (nSPS) is 11.9. The van der Waals surface area contributed by atoms with Gasteiger partial charge in [-0.1, -0.05) is 18.2 Å². The summed E-state index contributed by atoms with van der Waals surface area (Å²) in [6.07, 6.45) is 0. The first kappa shape index (κ1) is 15.2. The first-order valence-electron chi connectivity index (χ1n) is 6.73. The number of fused-ring (bicyclic) bond motifs is 1. The van der Waals surface area contributed by atoms with Crippen LogP contribution in [0.5, 0.6) is 0 Å². The van der Waals surface area contributed by atoms with Crippen molar-refractivity contribution in [2.75, 3.05) is 26.0 Å². The monoisotopic (exact) mass is 288 g/mol. The SMILES string of the molecule is CN(C)C(C)(C)CNc1c(C(=O)O)nnc2ccccc12. The molecule has 1 heterocycles. The summed E-state index contributed by atoms with van der Waals surface area (Å²) in [4.78, 5) is 13.5. The largest absolute Gasteiger partial charge is 0.476 e. The Morgan fingerprint density at radius 1 is 1.29 bits per heavy atom. The fourth-order valence-corrected chi connectivity index (χ4v) is 1.85. The fraction of sp³-hybridized carbons (Fsp3) is 0.400. The number of benzene rings is 1. The summed E-state index contributed by atoms with van der Waals surface area (Å²) in [5.74, 6) is -1.08. The lowest BCUT2D eigenvalue weighted by molar-refractivity contribution is 0.0690. The number of likely N-dealkylation sites (N-methyl/N-ethyl adjacent to an activating group) is 1. The van der Waals surface area contributed by atoms with Gasteiger partial charge in [-0.3, -0.25) is 0 Å². The summed E-state index contributed by atoms with van der Waals surface area (Å²) >= 11 is 0. The third kappa shape index (κ3) is 3.11. The van der Waals surface area contributed by atoms with Gasteiger partial charge in [0.05, 0.1) is 11.2 Å². The van der Waals surface area contributed by atoms with Crippen LogP contribution in [0.2, 0.25) is 0 Å². The number of carbonyl (C=O) groups is 1. The summed E-state index contributed by atoms with van der Waals surface area (Å²) in [6, 6.07) is 7.38. The highest BCUT2D eigenvalue weighted by atomic mass is 16.4. The summed E-state index contributed by atoms with van der Waals surface area (Å²) in [7, 11) is 3.98. The Morgan fingerprint density at radius 3 is 2.57 bits per heavy atom. The van der Waals surface area contributed by atoms with Crippen molar-refractivity contribution in [3.8, 4) is 0 Å². The molecule has 0 amide bonds. The Morgan fingerprint density at radius 2 is 1.95 bits per heavy atom. The van der Waals surface area contributed by atoms with Crippen LogP contribution in [0.15, 0.2) is 24.3 Å². The molecule has 6 nitrogen and oxygen atoms in total. The van der Waals surface area contributed by atoms with Gasteiger partial charge in [-0.15, -0.1) is 10.2 Å². The summed E-state index contributed by atoms with van der Waals surface area (Å²) in [6.45, 7) is 4.75. The van der Waals surface area contributed by atoms with Crippen LogP contribution in [0.4, 0.5) is 5.69 Å². The van der Waals surface area contributed by atoms with E-state index in [1.165, 1.54) is 0 Å². The van der Waals surface area contributed by atoms with Crippen LogP contribution >= 0.6 is 0 Å². The molecular formula is C15H20N4O2. The van der Waals surface area contributed by atoms with Crippen LogP contribution in [0.1, 0.15) is 24.3 Å². The molecule has 2 N–H and O–H groups in total. The molecule has 0 spiro atoms. The molecule has 0 aliphatic rings. The Balaban J connectivity index is 2.45. The van der Waals surface area contributed by atoms with Gasteiger partial charge in [0.2, 0.25) is 0 Å². The van der Waals surface area contributed by atoms with Gasteiger partial charge in [0.1, 0.15) is 0 Å². The standard InChI is InChI=1S/C15H20N4O2/c1-15(2,19(3)4)9-16-12-10-7-5-6-8-11(10)17-18-13(12)14(20)21/h5-8H,9H2,1-4H3,(H,16,17)(H,20,21). The third-order valence-electron chi connectivity index (χ3n) is 3.78. The van der Waals surface area contributed by atoms with Crippen molar-refractivity contribution in [1.29, 1.82) is 0 Å². The molecule has 0 radical (unpaired) electrons. The number of carboxylic acids is 1. The van der Waals surface area contributed by atoms with Crippen molar-refractivity contribution in [2.45, 2.75) is 19.4 Å². The molecule has 112 valence electrons. The molecule has 0 fully saturated rings. The van der Waals surface area contributed by atoms with Crippen molar-refractivity contribution in [3.63, 3.8) is 0 Å². The second-order valence-corrected chi connectivity index (χ2v) is 5.81. The van der Waals surface area contributed by atoms with E-state index in [9.17, 15) is 9.90 Å². The van der Waals surface area contributed by atoms with E-state index < -0.39 is 5.97 Å². The fourth-order valence-electron chi connectivity index (χ4n) is 1.85. The molecule has 0 bridgehead atoms. The lowest BCUT2D eigenvalue weighted by atomic mass is 10.0. The van der Waals surface area contributed by atoms with E-state index in [-0.39, 0.29) is 11.2 Å². The Hall–Kier alpha value is -2.21. The number of anilines is 1. The van der Waals surface area contributed by atoms with Crippen LogP contribution in [-0.4, -0.2) is 52.4 Å². The van der Waals surface area contributed by atoms with Crippen LogP contribution in [0.25, 0.3) is 10.9 Å². The lowest BCUT2D eigenvalue weighted by Crippen LogP contribution is -2.44. The Kier molecular flexibility index (Phi) is 4.09. The van der Waals surface area contributed by atoms with E-state index >= 15 is 0 Å². The zero-order chi connectivity index (χ0) is 15.6. The maximum atomic E-state index is 11.4. The Bertz CT molecular complexity index is 668. The number of hydrogen-bond donors (Lipinski definition) is 2. The van der Waals surface area contributed by atoms with E-state index in [2.05, 4.69) is 34.3 Å². The highest BCUT2D eigenvalue weighted by Crippen LogP contribution is 2.25. The van der Waals surface area contributed by atoms with Crippen molar-refractivity contribution in [3.05, 3.63) is 30.0 Å². The minimum Gasteiger partial charge on any atom is -0.476 e. The van der Waals surface area contributed by atoms with Crippen LogP contribution in [0, 0.1) is 0 Å². The predicted octanol–water partition coefficient (Wildman–Crippen LogP) is 2.08. The van der Waals surface area contributed by atoms with Crippen LogP contribution in [0.3, 0.4) is 0 Å². The molecule has 1 aromatic carbocycles. The maximum absolute atomic E-state index is 11.4. The van der Waals surface area contributed by atoms with E-state index in [1.54, 1.807) is 0 Å². The Labute approximate surface area is 123 Å². The second-order valence-electron chi connectivity index (χ2n) is 5.81. The second kappa shape index (κ2) is 5.65. The average molecular weight is 288 g/mol. The van der Waals surface area contributed by atoms with Gasteiger partial charge in [-0.05, 0) is 34.0 Å². The van der Waals surface area contributed by atoms with E-state index in [0.717, 1.165) is 5.39 Å². The third-order valence-corrected chi connectivity index (χ3v) is 3.78. The number of nitrogens with zero attached hydrogens (tertiary/aromatic N) is 3. The minimum absolute atomic E-state index is 0.0525. The number of rotatable bonds is 5. The molecule has 21 heavy (non-hydrogen) atoms. The van der Waals surface area contributed by atoms with Gasteiger partial charge in [-0.2, -0.15) is 0 Å². The first-order chi connectivity index (χ1) is 9.83. The molecule has 0 aliphatic heterocycles. The van der Waals surface area contributed by atoms with Crippen LogP contribution < -0.4 is 5.32 Å². The van der Waals surface area contributed by atoms with Crippen molar-refractivity contribution >= 4 is 22.6 Å². The van der Waals surface area contributed by atoms with E-state index in [4.69, 9.17) is 0 Å². The van der Waals surface area contributed by atoms with Crippen molar-refractivity contribution in [1.82, 2.24) is 15.1 Å². The smallest absolute Gasteiger partial charge is 0.358 e.